The topological polar surface area (TPSA) is 71.7 Å². The van der Waals surface area contributed by atoms with E-state index < -0.39 is 11.6 Å². The van der Waals surface area contributed by atoms with E-state index >= 15 is 0 Å². The van der Waals surface area contributed by atoms with Crippen LogP contribution in [0.25, 0.3) is 10.4 Å². The van der Waals surface area contributed by atoms with Gasteiger partial charge in [0.15, 0.2) is 11.6 Å². The number of carbonyl (C=O) groups excluding carboxylic acids is 1. The Morgan fingerprint density at radius 1 is 1.11 bits per heavy atom. The van der Waals surface area contributed by atoms with Gasteiger partial charge >= 0.3 is 0 Å². The number of nitrogens with zero attached hydrogens (tertiary/aromatic N) is 3. The Kier molecular flexibility index (Phi) is 7.41. The van der Waals surface area contributed by atoms with E-state index in [0.29, 0.717) is 16.5 Å². The van der Waals surface area contributed by atoms with Crippen LogP contribution in [0.2, 0.25) is 5.02 Å². The number of thiophene rings is 1. The summed E-state index contributed by atoms with van der Waals surface area (Å²) in [6.07, 6.45) is 6.18. The molecule has 10 heteroatoms. The van der Waals surface area contributed by atoms with Gasteiger partial charge < -0.3 is 20.3 Å². The quantitative estimate of drug-likeness (QED) is 0.418. The van der Waals surface area contributed by atoms with Gasteiger partial charge in [0.2, 0.25) is 0 Å². The third-order valence-corrected chi connectivity index (χ3v) is 8.43. The minimum Gasteiger partial charge on any atom is -0.485 e. The third-order valence-electron chi connectivity index (χ3n) is 6.90. The van der Waals surface area contributed by atoms with Crippen LogP contribution in [0.15, 0.2) is 36.5 Å². The summed E-state index contributed by atoms with van der Waals surface area (Å²) in [4.78, 5) is 23.3. The Balaban J connectivity index is 1.25. The molecule has 2 aliphatic rings. The molecule has 6 nitrogen and oxygen atoms in total. The van der Waals surface area contributed by atoms with Gasteiger partial charge in [0.05, 0.1) is 9.90 Å². The zero-order valence-electron chi connectivity index (χ0n) is 19.7. The lowest BCUT2D eigenvalue weighted by Crippen LogP contribution is -2.45. The van der Waals surface area contributed by atoms with Crippen LogP contribution in [-0.4, -0.2) is 52.9 Å². The number of hydrogen-bond acceptors (Lipinski definition) is 6. The zero-order valence-corrected chi connectivity index (χ0v) is 21.3. The highest BCUT2D eigenvalue weighted by molar-refractivity contribution is 7.17. The molecule has 0 unspecified atom stereocenters. The molecule has 2 fully saturated rings. The molecule has 0 aliphatic carbocycles. The summed E-state index contributed by atoms with van der Waals surface area (Å²) in [5.74, 6) is -1.03. The predicted molar refractivity (Wildman–Crippen MR) is 137 cm³/mol. The SMILES string of the molecule is Nc1ncc(-c2ccc(C(=O)N3CCC(N4CCCC4)CC3)s2)cc1OCc1c(F)ccc(F)c1Cl. The maximum atomic E-state index is 14.1. The van der Waals surface area contributed by atoms with Gasteiger partial charge in [-0.05, 0) is 69.1 Å². The fraction of sp³-hybridized carbons (Fsp3) is 0.385. The van der Waals surface area contributed by atoms with E-state index in [1.807, 2.05) is 17.0 Å². The fourth-order valence-corrected chi connectivity index (χ4v) is 6.02. The molecular formula is C26H27ClF2N4O2S. The third kappa shape index (κ3) is 5.19. The summed E-state index contributed by atoms with van der Waals surface area (Å²) in [5.41, 5.74) is 6.56. The highest BCUT2D eigenvalue weighted by atomic mass is 35.5. The van der Waals surface area contributed by atoms with Crippen molar-refractivity contribution in [2.24, 2.45) is 0 Å². The van der Waals surface area contributed by atoms with Crippen molar-refractivity contribution in [3.63, 3.8) is 0 Å². The molecule has 190 valence electrons. The van der Waals surface area contributed by atoms with Crippen molar-refractivity contribution in [3.05, 3.63) is 63.6 Å². The molecule has 2 aliphatic heterocycles. The molecule has 3 aromatic rings. The lowest BCUT2D eigenvalue weighted by molar-refractivity contribution is 0.0649. The number of anilines is 1. The standard InChI is InChI=1S/C26H27ClF2N4O2S/c27-24-18(19(28)3-4-20(24)29)15-35-21-13-16(14-31-25(21)30)22-5-6-23(36-22)26(34)33-11-7-17(8-12-33)32-9-1-2-10-32/h3-6,13-14,17H,1-2,7-12,15H2,(H2,30,31). The van der Waals surface area contributed by atoms with Crippen LogP contribution in [-0.2, 0) is 6.61 Å². The molecule has 2 aromatic heterocycles. The van der Waals surface area contributed by atoms with Gasteiger partial charge in [-0.1, -0.05) is 11.6 Å². The van der Waals surface area contributed by atoms with Crippen LogP contribution in [0.1, 0.15) is 40.9 Å². The number of benzene rings is 1. The second-order valence-electron chi connectivity index (χ2n) is 9.15. The molecule has 5 rings (SSSR count). The number of halogens is 3. The summed E-state index contributed by atoms with van der Waals surface area (Å²) >= 11 is 7.27. The van der Waals surface area contributed by atoms with E-state index in [0.717, 1.165) is 42.9 Å². The number of likely N-dealkylation sites (tertiary alicyclic amines) is 2. The molecule has 0 bridgehead atoms. The fourth-order valence-electron chi connectivity index (χ4n) is 4.86. The molecule has 1 aromatic carbocycles. The van der Waals surface area contributed by atoms with Crippen LogP contribution in [0, 0.1) is 11.6 Å². The number of carbonyl (C=O) groups is 1. The van der Waals surface area contributed by atoms with Crippen molar-refractivity contribution in [2.45, 2.75) is 38.3 Å². The number of pyridine rings is 1. The number of hydrogen-bond donors (Lipinski definition) is 1. The van der Waals surface area contributed by atoms with Crippen molar-refractivity contribution in [1.82, 2.24) is 14.8 Å². The minimum absolute atomic E-state index is 0.0437. The second kappa shape index (κ2) is 10.7. The first kappa shape index (κ1) is 24.9. The van der Waals surface area contributed by atoms with Gasteiger partial charge in [0.25, 0.3) is 5.91 Å². The maximum absolute atomic E-state index is 14.1. The lowest BCUT2D eigenvalue weighted by Gasteiger charge is -2.36. The van der Waals surface area contributed by atoms with Gasteiger partial charge in [0, 0.05) is 41.3 Å². The van der Waals surface area contributed by atoms with E-state index in [1.165, 1.54) is 37.3 Å². The van der Waals surface area contributed by atoms with Crippen molar-refractivity contribution in [3.8, 4) is 16.2 Å². The van der Waals surface area contributed by atoms with E-state index in [2.05, 4.69) is 9.88 Å². The van der Waals surface area contributed by atoms with E-state index in [4.69, 9.17) is 22.1 Å². The van der Waals surface area contributed by atoms with Gasteiger partial charge in [-0.3, -0.25) is 4.79 Å². The van der Waals surface area contributed by atoms with Gasteiger partial charge in [-0.25, -0.2) is 13.8 Å². The highest BCUT2D eigenvalue weighted by Crippen LogP contribution is 2.34. The number of nitrogen functional groups attached to an aromatic ring is 1. The van der Waals surface area contributed by atoms with Crippen LogP contribution in [0.5, 0.6) is 5.75 Å². The highest BCUT2D eigenvalue weighted by Gasteiger charge is 2.29. The van der Waals surface area contributed by atoms with E-state index in [1.54, 1.807) is 12.3 Å². The van der Waals surface area contributed by atoms with Crippen molar-refractivity contribution in [2.75, 3.05) is 31.9 Å². The predicted octanol–water partition coefficient (Wildman–Crippen LogP) is 5.60. The Labute approximate surface area is 217 Å². The Morgan fingerprint density at radius 3 is 2.58 bits per heavy atom. The van der Waals surface area contributed by atoms with Gasteiger partial charge in [-0.2, -0.15) is 0 Å². The first-order valence-electron chi connectivity index (χ1n) is 12.0. The number of amides is 1. The molecule has 2 N–H and O–H groups in total. The monoisotopic (exact) mass is 532 g/mol. The molecule has 0 spiro atoms. The second-order valence-corrected chi connectivity index (χ2v) is 10.6. The van der Waals surface area contributed by atoms with Crippen LogP contribution < -0.4 is 10.5 Å². The molecule has 36 heavy (non-hydrogen) atoms. The Hall–Kier alpha value is -2.75. The normalized spacial score (nSPS) is 17.0. The zero-order chi connectivity index (χ0) is 25.2. The first-order valence-corrected chi connectivity index (χ1v) is 13.2. The number of nitrogens with two attached hydrogens (primary N) is 1. The first-order chi connectivity index (χ1) is 17.4. The van der Waals surface area contributed by atoms with E-state index in [-0.39, 0.29) is 34.7 Å². The molecular weight excluding hydrogens is 506 g/mol. The summed E-state index contributed by atoms with van der Waals surface area (Å²) in [5, 5.41) is -0.330. The molecule has 2 saturated heterocycles. The van der Waals surface area contributed by atoms with Crippen LogP contribution in [0.4, 0.5) is 14.6 Å². The Morgan fingerprint density at radius 2 is 1.83 bits per heavy atom. The molecule has 0 atom stereocenters. The Bertz CT molecular complexity index is 1260. The lowest BCUT2D eigenvalue weighted by atomic mass is 10.0. The molecule has 4 heterocycles. The summed E-state index contributed by atoms with van der Waals surface area (Å²) in [6.45, 7) is 3.60. The minimum atomic E-state index is -0.729. The number of rotatable bonds is 6. The van der Waals surface area contributed by atoms with E-state index in [9.17, 15) is 13.6 Å². The molecule has 0 saturated carbocycles. The maximum Gasteiger partial charge on any atom is 0.263 e. The van der Waals surface area contributed by atoms with Crippen molar-refractivity contribution < 1.29 is 18.3 Å². The number of aromatic nitrogens is 1. The van der Waals surface area contributed by atoms with Crippen molar-refractivity contribution in [1.29, 1.82) is 0 Å². The molecule has 0 radical (unpaired) electrons. The number of ether oxygens (including phenoxy) is 1. The summed E-state index contributed by atoms with van der Waals surface area (Å²) in [7, 11) is 0. The molecule has 1 amide bonds. The van der Waals surface area contributed by atoms with Crippen molar-refractivity contribution >= 4 is 34.7 Å². The summed E-state index contributed by atoms with van der Waals surface area (Å²) < 4.78 is 33.5. The average Bonchev–Trinajstić information content (AvgIpc) is 3.60. The van der Waals surface area contributed by atoms with Crippen LogP contribution in [0.3, 0.4) is 0 Å². The van der Waals surface area contributed by atoms with Gasteiger partial charge in [0.1, 0.15) is 18.2 Å². The smallest absolute Gasteiger partial charge is 0.263 e. The van der Waals surface area contributed by atoms with Crippen LogP contribution >= 0.6 is 22.9 Å². The number of piperidine rings is 1. The van der Waals surface area contributed by atoms with Gasteiger partial charge in [-0.15, -0.1) is 11.3 Å². The largest absolute Gasteiger partial charge is 0.485 e. The summed E-state index contributed by atoms with van der Waals surface area (Å²) in [6, 6.07) is 7.92. The average molecular weight is 533 g/mol.